The fourth-order valence-electron chi connectivity index (χ4n) is 5.54. The van der Waals surface area contributed by atoms with E-state index in [-0.39, 0.29) is 54.5 Å². The van der Waals surface area contributed by atoms with Crippen LogP contribution in [0.4, 0.5) is 0 Å². The van der Waals surface area contributed by atoms with E-state index in [4.69, 9.17) is 9.47 Å². The Morgan fingerprint density at radius 3 is 2.49 bits per heavy atom. The fraction of sp³-hybridized carbons (Fsp3) is 0.767. The smallest absolute Gasteiger partial charge is 0.308 e. The predicted molar refractivity (Wildman–Crippen MR) is 144 cm³/mol. The first-order chi connectivity index (χ1) is 17.2. The molecule has 0 bridgehead atoms. The summed E-state index contributed by atoms with van der Waals surface area (Å²) in [6.45, 7) is 15.2. The molecule has 2 N–H and O–H groups in total. The molecule has 2 aliphatic rings. The molecule has 7 heteroatoms. The van der Waals surface area contributed by atoms with Gasteiger partial charge in [-0.2, -0.15) is 0 Å². The van der Waals surface area contributed by atoms with E-state index in [9.17, 15) is 19.5 Å². The SMILES string of the molecule is CCC(C)C(=O)OC1CC(C)C=C2C=CC(C)C(CCC(O)CC(CC(=O)NC(C)(C)C)OC(C)=O)C21. The van der Waals surface area contributed by atoms with Gasteiger partial charge in [0.2, 0.25) is 5.91 Å². The normalized spacial score (nSPS) is 27.8. The van der Waals surface area contributed by atoms with Crippen molar-refractivity contribution in [1.29, 1.82) is 0 Å². The Hall–Kier alpha value is -2.15. The minimum absolute atomic E-state index is 0.0114. The first-order valence-corrected chi connectivity index (χ1v) is 14.0. The number of carbonyl (C=O) groups is 3. The topological polar surface area (TPSA) is 102 Å². The van der Waals surface area contributed by atoms with Crippen LogP contribution >= 0.6 is 0 Å². The lowest BCUT2D eigenvalue weighted by Gasteiger charge is -2.43. The third-order valence-corrected chi connectivity index (χ3v) is 7.51. The highest BCUT2D eigenvalue weighted by Gasteiger charge is 2.41. The second-order valence-corrected chi connectivity index (χ2v) is 12.3. The highest BCUT2D eigenvalue weighted by atomic mass is 16.5. The zero-order valence-corrected chi connectivity index (χ0v) is 24.1. The van der Waals surface area contributed by atoms with Crippen molar-refractivity contribution in [2.24, 2.45) is 29.6 Å². The maximum Gasteiger partial charge on any atom is 0.308 e. The van der Waals surface area contributed by atoms with Gasteiger partial charge in [-0.3, -0.25) is 14.4 Å². The summed E-state index contributed by atoms with van der Waals surface area (Å²) in [4.78, 5) is 36.7. The largest absolute Gasteiger partial charge is 0.462 e. The summed E-state index contributed by atoms with van der Waals surface area (Å²) in [7, 11) is 0. The lowest BCUT2D eigenvalue weighted by Crippen LogP contribution is -2.43. The molecule has 0 radical (unpaired) electrons. The van der Waals surface area contributed by atoms with Crippen molar-refractivity contribution in [3.63, 3.8) is 0 Å². The quantitative estimate of drug-likeness (QED) is 0.368. The van der Waals surface area contributed by atoms with Gasteiger partial charge in [0.05, 0.1) is 18.4 Å². The van der Waals surface area contributed by atoms with E-state index in [1.54, 1.807) is 0 Å². The highest BCUT2D eigenvalue weighted by molar-refractivity contribution is 5.77. The molecule has 0 fully saturated rings. The first kappa shape index (κ1) is 31.1. The van der Waals surface area contributed by atoms with Crippen molar-refractivity contribution in [1.82, 2.24) is 5.32 Å². The van der Waals surface area contributed by atoms with Crippen LogP contribution in [0.3, 0.4) is 0 Å². The van der Waals surface area contributed by atoms with Crippen molar-refractivity contribution >= 4 is 17.8 Å². The maximum atomic E-state index is 12.7. The van der Waals surface area contributed by atoms with Crippen LogP contribution in [0.1, 0.15) is 93.9 Å². The van der Waals surface area contributed by atoms with Gasteiger partial charge in [-0.15, -0.1) is 0 Å². The van der Waals surface area contributed by atoms with Gasteiger partial charge >= 0.3 is 11.9 Å². The van der Waals surface area contributed by atoms with Crippen LogP contribution in [0.15, 0.2) is 23.8 Å². The molecular formula is C30H49NO6. The van der Waals surface area contributed by atoms with Gasteiger partial charge in [-0.25, -0.2) is 0 Å². The molecule has 8 atom stereocenters. The summed E-state index contributed by atoms with van der Waals surface area (Å²) >= 11 is 0. The number of hydrogen-bond donors (Lipinski definition) is 2. The Labute approximate surface area is 223 Å². The third kappa shape index (κ3) is 9.91. The number of carbonyl (C=O) groups excluding carboxylic acids is 3. The first-order valence-electron chi connectivity index (χ1n) is 14.0. The van der Waals surface area contributed by atoms with Crippen LogP contribution in [0, 0.1) is 29.6 Å². The molecule has 0 aliphatic heterocycles. The van der Waals surface area contributed by atoms with Crippen molar-refractivity contribution in [2.45, 2.75) is 118 Å². The number of allylic oxidation sites excluding steroid dienone is 3. The van der Waals surface area contributed by atoms with E-state index in [0.717, 1.165) is 19.3 Å². The monoisotopic (exact) mass is 519 g/mol. The Balaban J connectivity index is 2.09. The standard InChI is InChI=1S/C30H49NO6/c1-9-19(3)29(35)37-26-15-18(2)14-22-11-10-20(4)25(28(22)26)13-12-23(33)16-24(36-21(5)32)17-27(34)31-30(6,7)8/h10-11,14,18-20,23-26,28,33H,9,12-13,15-17H2,1-8H3,(H,31,34). The molecule has 7 nitrogen and oxygen atoms in total. The van der Waals surface area contributed by atoms with E-state index in [2.05, 4.69) is 37.4 Å². The van der Waals surface area contributed by atoms with E-state index in [0.29, 0.717) is 12.3 Å². The zero-order valence-electron chi connectivity index (χ0n) is 24.1. The molecule has 210 valence electrons. The second kappa shape index (κ2) is 13.6. The lowest BCUT2D eigenvalue weighted by atomic mass is 9.65. The van der Waals surface area contributed by atoms with E-state index in [1.807, 2.05) is 34.6 Å². The molecule has 2 aliphatic carbocycles. The number of aliphatic hydroxyl groups is 1. The molecule has 0 saturated carbocycles. The van der Waals surface area contributed by atoms with Crippen molar-refractivity contribution in [3.8, 4) is 0 Å². The second-order valence-electron chi connectivity index (χ2n) is 12.3. The minimum atomic E-state index is -0.721. The summed E-state index contributed by atoms with van der Waals surface area (Å²) in [5, 5.41) is 13.8. The average molecular weight is 520 g/mol. The van der Waals surface area contributed by atoms with Crippen LogP contribution in [0.5, 0.6) is 0 Å². The van der Waals surface area contributed by atoms with Gasteiger partial charge in [0, 0.05) is 24.8 Å². The summed E-state index contributed by atoms with van der Waals surface area (Å²) in [5.41, 5.74) is 0.827. The Morgan fingerprint density at radius 2 is 1.89 bits per heavy atom. The molecule has 0 aromatic heterocycles. The molecule has 37 heavy (non-hydrogen) atoms. The van der Waals surface area contributed by atoms with Gasteiger partial charge < -0.3 is 19.9 Å². The van der Waals surface area contributed by atoms with E-state index in [1.165, 1.54) is 12.5 Å². The highest BCUT2D eigenvalue weighted by Crippen LogP contribution is 2.45. The fourth-order valence-corrected chi connectivity index (χ4v) is 5.54. The van der Waals surface area contributed by atoms with Gasteiger partial charge in [0.25, 0.3) is 0 Å². The minimum Gasteiger partial charge on any atom is -0.462 e. The Kier molecular flexibility index (Phi) is 11.4. The number of rotatable bonds is 11. The van der Waals surface area contributed by atoms with Crippen LogP contribution < -0.4 is 5.32 Å². The van der Waals surface area contributed by atoms with Gasteiger partial charge in [-0.1, -0.05) is 45.9 Å². The average Bonchev–Trinajstić information content (AvgIpc) is 2.75. The Bertz CT molecular complexity index is 857. The number of esters is 2. The zero-order chi connectivity index (χ0) is 27.9. The molecule has 8 unspecified atom stereocenters. The molecule has 1 amide bonds. The van der Waals surface area contributed by atoms with Gasteiger partial charge in [0.15, 0.2) is 0 Å². The number of nitrogens with one attached hydrogen (secondary N) is 1. The van der Waals surface area contributed by atoms with Crippen molar-refractivity contribution in [2.75, 3.05) is 0 Å². The van der Waals surface area contributed by atoms with E-state index >= 15 is 0 Å². The number of hydrogen-bond acceptors (Lipinski definition) is 6. The Morgan fingerprint density at radius 1 is 1.22 bits per heavy atom. The molecule has 2 rings (SSSR count). The molecule has 0 aromatic rings. The van der Waals surface area contributed by atoms with Gasteiger partial charge in [0.1, 0.15) is 12.2 Å². The van der Waals surface area contributed by atoms with Crippen LogP contribution in [0.25, 0.3) is 0 Å². The number of amides is 1. The third-order valence-electron chi connectivity index (χ3n) is 7.51. The summed E-state index contributed by atoms with van der Waals surface area (Å²) in [5.74, 6) is -0.0426. The molecule has 0 heterocycles. The summed E-state index contributed by atoms with van der Waals surface area (Å²) in [6, 6.07) is 0. The molecule has 0 spiro atoms. The summed E-state index contributed by atoms with van der Waals surface area (Å²) < 4.78 is 11.5. The molecule has 0 aromatic carbocycles. The molecule has 0 saturated heterocycles. The number of ether oxygens (including phenoxy) is 2. The van der Waals surface area contributed by atoms with Crippen LogP contribution in [-0.2, 0) is 23.9 Å². The van der Waals surface area contributed by atoms with Crippen molar-refractivity contribution in [3.05, 3.63) is 23.8 Å². The number of fused-ring (bicyclic) bond motifs is 1. The molecular weight excluding hydrogens is 470 g/mol. The van der Waals surface area contributed by atoms with Crippen LogP contribution in [-0.4, -0.2) is 46.8 Å². The van der Waals surface area contributed by atoms with Gasteiger partial charge in [-0.05, 0) is 69.8 Å². The lowest BCUT2D eigenvalue weighted by molar-refractivity contribution is -0.158. The predicted octanol–water partition coefficient (Wildman–Crippen LogP) is 5.12. The maximum absolute atomic E-state index is 12.7. The van der Waals surface area contributed by atoms with E-state index < -0.39 is 23.7 Å². The van der Waals surface area contributed by atoms with Crippen molar-refractivity contribution < 1.29 is 29.0 Å². The summed E-state index contributed by atoms with van der Waals surface area (Å²) in [6.07, 6.45) is 8.09. The van der Waals surface area contributed by atoms with Crippen LogP contribution in [0.2, 0.25) is 0 Å². The number of aliphatic hydroxyl groups excluding tert-OH is 1.